The standard InChI is InChI=1S/C22H11BO2/c1-2-6-15-13(4-1)23-14-5-3-7-16-20(14)21-17(25-16)10-8-12-9-11-18(24-15)22(23)19(12)21/h1-11H. The summed E-state index contributed by atoms with van der Waals surface area (Å²) in [6.45, 7) is 0.197. The summed E-state index contributed by atoms with van der Waals surface area (Å²) >= 11 is 0. The van der Waals surface area contributed by atoms with Gasteiger partial charge in [-0.3, -0.25) is 0 Å². The largest absolute Gasteiger partial charge is 0.458 e. The highest BCUT2D eigenvalue weighted by Gasteiger charge is 2.38. The molecule has 4 aromatic carbocycles. The lowest BCUT2D eigenvalue weighted by molar-refractivity contribution is 0.488. The van der Waals surface area contributed by atoms with Gasteiger partial charge in [0.05, 0.1) is 0 Å². The van der Waals surface area contributed by atoms with E-state index in [0.717, 1.165) is 22.7 Å². The molecule has 0 N–H and O–H groups in total. The van der Waals surface area contributed by atoms with Crippen LogP contribution in [-0.4, -0.2) is 6.71 Å². The van der Waals surface area contributed by atoms with Gasteiger partial charge in [0, 0.05) is 10.8 Å². The molecule has 0 saturated heterocycles. The molecular weight excluding hydrogens is 307 g/mol. The number of hydrogen-bond acceptors (Lipinski definition) is 2. The molecular formula is C22H11BO2. The second-order valence-corrected chi connectivity index (χ2v) is 6.91. The summed E-state index contributed by atoms with van der Waals surface area (Å²) in [5.74, 6) is 1.92. The Kier molecular flexibility index (Phi) is 1.90. The van der Waals surface area contributed by atoms with Crippen LogP contribution in [0, 0.1) is 0 Å². The molecule has 0 saturated carbocycles. The highest BCUT2D eigenvalue weighted by atomic mass is 16.5. The van der Waals surface area contributed by atoms with Gasteiger partial charge in [-0.15, -0.1) is 0 Å². The summed E-state index contributed by atoms with van der Waals surface area (Å²) < 4.78 is 12.5. The summed E-state index contributed by atoms with van der Waals surface area (Å²) in [5.41, 5.74) is 5.77. The molecule has 2 aliphatic heterocycles. The van der Waals surface area contributed by atoms with Crippen LogP contribution >= 0.6 is 0 Å². The third-order valence-corrected chi connectivity index (χ3v) is 5.73. The van der Waals surface area contributed by atoms with E-state index in [4.69, 9.17) is 9.15 Å². The number of benzene rings is 4. The highest BCUT2D eigenvalue weighted by Crippen LogP contribution is 2.39. The monoisotopic (exact) mass is 318 g/mol. The van der Waals surface area contributed by atoms with Gasteiger partial charge in [-0.25, -0.2) is 0 Å². The van der Waals surface area contributed by atoms with E-state index in [1.165, 1.54) is 37.9 Å². The fourth-order valence-electron chi connectivity index (χ4n) is 4.78. The molecule has 5 aromatic rings. The van der Waals surface area contributed by atoms with Gasteiger partial charge in [0.25, 0.3) is 6.71 Å². The zero-order valence-electron chi connectivity index (χ0n) is 13.2. The van der Waals surface area contributed by atoms with Gasteiger partial charge in [-0.2, -0.15) is 0 Å². The maximum Gasteiger partial charge on any atom is 0.252 e. The maximum atomic E-state index is 6.28. The second kappa shape index (κ2) is 3.89. The number of hydrogen-bond donors (Lipinski definition) is 0. The molecule has 0 amide bonds. The first-order valence-electron chi connectivity index (χ1n) is 8.58. The minimum atomic E-state index is 0.197. The van der Waals surface area contributed by atoms with Gasteiger partial charge < -0.3 is 9.15 Å². The lowest BCUT2D eigenvalue weighted by Crippen LogP contribution is -2.56. The molecule has 0 unspecified atom stereocenters. The third-order valence-electron chi connectivity index (χ3n) is 5.73. The van der Waals surface area contributed by atoms with E-state index < -0.39 is 0 Å². The van der Waals surface area contributed by atoms with Crippen molar-refractivity contribution in [2.75, 3.05) is 0 Å². The van der Waals surface area contributed by atoms with Crippen molar-refractivity contribution < 1.29 is 9.15 Å². The maximum absolute atomic E-state index is 6.28. The third kappa shape index (κ3) is 1.28. The van der Waals surface area contributed by atoms with Crippen molar-refractivity contribution >= 4 is 55.8 Å². The zero-order chi connectivity index (χ0) is 16.1. The van der Waals surface area contributed by atoms with E-state index in [2.05, 4.69) is 60.7 Å². The Morgan fingerprint density at radius 2 is 1.44 bits per heavy atom. The van der Waals surface area contributed by atoms with Gasteiger partial charge in [0.1, 0.15) is 22.7 Å². The van der Waals surface area contributed by atoms with Crippen LogP contribution < -0.4 is 21.1 Å². The molecule has 2 aliphatic rings. The molecule has 7 rings (SSSR count). The SMILES string of the molecule is c1ccc2c(c1)Oc1ccc3ccc4oc5cccc6c5c4c3c1B26. The van der Waals surface area contributed by atoms with Crippen LogP contribution in [0.3, 0.4) is 0 Å². The fourth-order valence-corrected chi connectivity index (χ4v) is 4.78. The summed E-state index contributed by atoms with van der Waals surface area (Å²) in [6, 6.07) is 23.3. The Morgan fingerprint density at radius 3 is 2.44 bits per heavy atom. The Balaban J connectivity index is 1.83. The number of ether oxygens (including phenoxy) is 1. The van der Waals surface area contributed by atoms with E-state index in [1.54, 1.807) is 0 Å². The molecule has 0 fully saturated rings. The molecule has 0 aliphatic carbocycles. The highest BCUT2D eigenvalue weighted by molar-refractivity contribution is 7.01. The van der Waals surface area contributed by atoms with Gasteiger partial charge in [0.15, 0.2) is 0 Å². The summed E-state index contributed by atoms with van der Waals surface area (Å²) in [7, 11) is 0. The van der Waals surface area contributed by atoms with Crippen molar-refractivity contribution in [2.24, 2.45) is 0 Å². The Labute approximate surface area is 143 Å². The van der Waals surface area contributed by atoms with Crippen LogP contribution in [0.2, 0.25) is 0 Å². The van der Waals surface area contributed by atoms with Crippen molar-refractivity contribution in [3.05, 3.63) is 66.7 Å². The topological polar surface area (TPSA) is 22.4 Å². The first kappa shape index (κ1) is 12.2. The van der Waals surface area contributed by atoms with Gasteiger partial charge in [-0.1, -0.05) is 47.9 Å². The smallest absolute Gasteiger partial charge is 0.252 e. The van der Waals surface area contributed by atoms with Crippen LogP contribution in [0.25, 0.3) is 32.7 Å². The Morgan fingerprint density at radius 1 is 0.600 bits per heavy atom. The van der Waals surface area contributed by atoms with Crippen molar-refractivity contribution in [2.45, 2.75) is 0 Å². The van der Waals surface area contributed by atoms with Crippen LogP contribution in [0.4, 0.5) is 0 Å². The van der Waals surface area contributed by atoms with E-state index in [9.17, 15) is 0 Å². The lowest BCUT2D eigenvalue weighted by Gasteiger charge is -2.30. The number of furan rings is 1. The minimum absolute atomic E-state index is 0.197. The first-order chi connectivity index (χ1) is 12.4. The number of rotatable bonds is 0. The Bertz CT molecular complexity index is 1380. The number of para-hydroxylation sites is 1. The summed E-state index contributed by atoms with van der Waals surface area (Å²) in [4.78, 5) is 0. The molecule has 2 nitrogen and oxygen atoms in total. The minimum Gasteiger partial charge on any atom is -0.458 e. The predicted octanol–water partition coefficient (Wildman–Crippen LogP) is 3.67. The number of fused-ring (bicyclic) bond motifs is 3. The predicted molar refractivity (Wildman–Crippen MR) is 102 cm³/mol. The van der Waals surface area contributed by atoms with E-state index in [1.807, 2.05) is 6.07 Å². The summed E-state index contributed by atoms with van der Waals surface area (Å²) in [5, 5.41) is 5.03. The van der Waals surface area contributed by atoms with Crippen molar-refractivity contribution in [1.82, 2.24) is 0 Å². The van der Waals surface area contributed by atoms with Crippen LogP contribution in [0.1, 0.15) is 0 Å². The van der Waals surface area contributed by atoms with Gasteiger partial charge in [-0.05, 0) is 46.0 Å². The van der Waals surface area contributed by atoms with E-state index in [-0.39, 0.29) is 6.71 Å². The van der Waals surface area contributed by atoms with Crippen molar-refractivity contribution in [1.29, 1.82) is 0 Å². The van der Waals surface area contributed by atoms with Gasteiger partial charge in [0.2, 0.25) is 0 Å². The van der Waals surface area contributed by atoms with E-state index >= 15 is 0 Å². The van der Waals surface area contributed by atoms with Crippen LogP contribution in [0.5, 0.6) is 11.5 Å². The molecule has 0 atom stereocenters. The average molecular weight is 318 g/mol. The van der Waals surface area contributed by atoms with Crippen LogP contribution in [-0.2, 0) is 0 Å². The molecule has 0 bridgehead atoms. The summed E-state index contributed by atoms with van der Waals surface area (Å²) in [6.07, 6.45) is 0. The average Bonchev–Trinajstić information content (AvgIpc) is 3.05. The van der Waals surface area contributed by atoms with Crippen LogP contribution in [0.15, 0.2) is 71.1 Å². The zero-order valence-corrected chi connectivity index (χ0v) is 13.2. The first-order valence-corrected chi connectivity index (χ1v) is 8.58. The van der Waals surface area contributed by atoms with E-state index in [0.29, 0.717) is 0 Å². The molecule has 3 heterocycles. The fraction of sp³-hybridized carbons (Fsp3) is 0. The van der Waals surface area contributed by atoms with Crippen molar-refractivity contribution in [3.63, 3.8) is 0 Å². The molecule has 1 aromatic heterocycles. The van der Waals surface area contributed by atoms with Crippen molar-refractivity contribution in [3.8, 4) is 11.5 Å². The molecule has 0 spiro atoms. The second-order valence-electron chi connectivity index (χ2n) is 6.91. The lowest BCUT2D eigenvalue weighted by atomic mass is 9.33. The quantitative estimate of drug-likeness (QED) is 0.398. The van der Waals surface area contributed by atoms with Gasteiger partial charge >= 0.3 is 0 Å². The Hall–Kier alpha value is -3.20. The molecule has 25 heavy (non-hydrogen) atoms. The normalized spacial score (nSPS) is 13.8. The molecule has 114 valence electrons. The molecule has 0 radical (unpaired) electrons. The molecule has 3 heteroatoms.